The molecular weight excluding hydrogens is 322 g/mol. The maximum Gasteiger partial charge on any atom is 0.226 e. The van der Waals surface area contributed by atoms with Crippen molar-refractivity contribution >= 4 is 17.2 Å². The van der Waals surface area contributed by atoms with Gasteiger partial charge in [-0.15, -0.1) is 11.3 Å². The minimum absolute atomic E-state index is 0.0205. The van der Waals surface area contributed by atoms with E-state index in [-0.39, 0.29) is 12.5 Å². The van der Waals surface area contributed by atoms with Crippen molar-refractivity contribution in [2.45, 2.75) is 31.8 Å². The number of aliphatic hydroxyl groups excluding tert-OH is 1. The molecule has 128 valence electrons. The van der Waals surface area contributed by atoms with Crippen molar-refractivity contribution in [2.75, 3.05) is 20.2 Å². The zero-order valence-corrected chi connectivity index (χ0v) is 14.7. The molecule has 1 aliphatic rings. The van der Waals surface area contributed by atoms with Gasteiger partial charge < -0.3 is 10.4 Å². The monoisotopic (exact) mass is 345 g/mol. The number of benzene rings is 1. The zero-order chi connectivity index (χ0) is 16.9. The van der Waals surface area contributed by atoms with Crippen LogP contribution < -0.4 is 5.32 Å². The van der Waals surface area contributed by atoms with Crippen molar-refractivity contribution in [2.24, 2.45) is 0 Å². The summed E-state index contributed by atoms with van der Waals surface area (Å²) in [4.78, 5) is 18.4. The highest BCUT2D eigenvalue weighted by molar-refractivity contribution is 7.09. The Bertz CT molecular complexity index is 701. The summed E-state index contributed by atoms with van der Waals surface area (Å²) < 4.78 is 0. The van der Waals surface area contributed by atoms with Crippen molar-refractivity contribution in [1.82, 2.24) is 15.2 Å². The first-order chi connectivity index (χ1) is 11.7. The molecular formula is C18H23N3O2S. The van der Waals surface area contributed by atoms with E-state index < -0.39 is 0 Å². The lowest BCUT2D eigenvalue weighted by Gasteiger charge is -2.28. The number of nitrogens with zero attached hydrogens (tertiary/aromatic N) is 2. The molecule has 1 atom stereocenters. The number of amides is 1. The van der Waals surface area contributed by atoms with Crippen LogP contribution in [0.5, 0.6) is 0 Å². The van der Waals surface area contributed by atoms with Gasteiger partial charge in [0.05, 0.1) is 18.7 Å². The Morgan fingerprint density at radius 2 is 2.29 bits per heavy atom. The molecule has 3 rings (SSSR count). The molecule has 2 N–H and O–H groups in total. The Hall–Kier alpha value is -1.76. The number of aromatic nitrogens is 1. The van der Waals surface area contributed by atoms with Crippen LogP contribution in [0.1, 0.15) is 34.3 Å². The third kappa shape index (κ3) is 3.83. The number of hydrogen-bond acceptors (Lipinski definition) is 5. The molecule has 1 aliphatic carbocycles. The number of fused-ring (bicyclic) bond motifs is 1. The summed E-state index contributed by atoms with van der Waals surface area (Å²) in [5, 5.41) is 14.9. The SMILES string of the molecule is CNC(=O)Cc1nc(CN(CCO)C2CCc3ccccc32)cs1. The molecule has 2 aromatic rings. The first-order valence-corrected chi connectivity index (χ1v) is 9.15. The van der Waals surface area contributed by atoms with Crippen LogP contribution >= 0.6 is 11.3 Å². The fourth-order valence-electron chi connectivity index (χ4n) is 3.32. The van der Waals surface area contributed by atoms with Crippen LogP contribution in [0.15, 0.2) is 29.6 Å². The molecule has 0 bridgehead atoms. The second kappa shape index (κ2) is 7.88. The molecule has 0 spiro atoms. The number of nitrogens with one attached hydrogen (secondary N) is 1. The van der Waals surface area contributed by atoms with Crippen molar-refractivity contribution in [3.8, 4) is 0 Å². The number of aryl methyl sites for hydroxylation is 1. The van der Waals surface area contributed by atoms with E-state index in [9.17, 15) is 9.90 Å². The molecule has 5 nitrogen and oxygen atoms in total. The summed E-state index contributed by atoms with van der Waals surface area (Å²) in [5.41, 5.74) is 3.74. The van der Waals surface area contributed by atoms with Gasteiger partial charge in [-0.1, -0.05) is 24.3 Å². The van der Waals surface area contributed by atoms with Crippen molar-refractivity contribution in [3.63, 3.8) is 0 Å². The molecule has 0 aliphatic heterocycles. The average molecular weight is 345 g/mol. The largest absolute Gasteiger partial charge is 0.395 e. The highest BCUT2D eigenvalue weighted by Crippen LogP contribution is 2.36. The van der Waals surface area contributed by atoms with Gasteiger partial charge in [-0.3, -0.25) is 9.69 Å². The quantitative estimate of drug-likeness (QED) is 0.805. The standard InChI is InChI=1S/C18H23N3O2S/c1-19-17(23)10-18-20-14(12-24-18)11-21(8-9-22)16-7-6-13-4-2-3-5-15(13)16/h2-5,12,16,22H,6-11H2,1H3,(H,19,23). The molecule has 1 aromatic heterocycles. The van der Waals surface area contributed by atoms with Crippen LogP contribution in [-0.2, 0) is 24.2 Å². The summed E-state index contributed by atoms with van der Waals surface area (Å²) in [6.45, 7) is 1.46. The van der Waals surface area contributed by atoms with Crippen LogP contribution in [0.25, 0.3) is 0 Å². The van der Waals surface area contributed by atoms with Gasteiger partial charge >= 0.3 is 0 Å². The Labute approximate surface area is 146 Å². The topological polar surface area (TPSA) is 65.5 Å². The molecule has 1 unspecified atom stereocenters. The minimum Gasteiger partial charge on any atom is -0.395 e. The molecule has 0 radical (unpaired) electrons. The summed E-state index contributed by atoms with van der Waals surface area (Å²) in [5.74, 6) is -0.0205. The lowest BCUT2D eigenvalue weighted by atomic mass is 10.1. The number of likely N-dealkylation sites (N-methyl/N-ethyl adjacent to an activating group) is 1. The maximum atomic E-state index is 11.5. The first-order valence-electron chi connectivity index (χ1n) is 8.28. The Morgan fingerprint density at radius 3 is 3.08 bits per heavy atom. The van der Waals surface area contributed by atoms with Gasteiger partial charge in [0.1, 0.15) is 5.01 Å². The van der Waals surface area contributed by atoms with Gasteiger partial charge in [-0.2, -0.15) is 0 Å². The highest BCUT2D eigenvalue weighted by Gasteiger charge is 2.27. The number of carbonyl (C=O) groups excluding carboxylic acids is 1. The minimum atomic E-state index is -0.0205. The van der Waals surface area contributed by atoms with E-state index in [4.69, 9.17) is 0 Å². The second-order valence-corrected chi connectivity index (χ2v) is 6.97. The van der Waals surface area contributed by atoms with Crippen molar-refractivity contribution in [1.29, 1.82) is 0 Å². The van der Waals surface area contributed by atoms with Gasteiger partial charge in [-0.05, 0) is 24.0 Å². The molecule has 24 heavy (non-hydrogen) atoms. The van der Waals surface area contributed by atoms with Crippen LogP contribution in [-0.4, -0.2) is 41.1 Å². The fraction of sp³-hybridized carbons (Fsp3) is 0.444. The van der Waals surface area contributed by atoms with Crippen LogP contribution in [0, 0.1) is 0 Å². The third-order valence-electron chi connectivity index (χ3n) is 4.48. The van der Waals surface area contributed by atoms with Gasteiger partial charge in [0.2, 0.25) is 5.91 Å². The predicted octanol–water partition coefficient (Wildman–Crippen LogP) is 1.91. The van der Waals surface area contributed by atoms with E-state index in [1.807, 2.05) is 5.38 Å². The first kappa shape index (κ1) is 17.1. The highest BCUT2D eigenvalue weighted by atomic mass is 32.1. The summed E-state index contributed by atoms with van der Waals surface area (Å²) in [7, 11) is 1.64. The maximum absolute atomic E-state index is 11.5. The van der Waals surface area contributed by atoms with E-state index in [0.29, 0.717) is 25.6 Å². The molecule has 0 saturated carbocycles. The Morgan fingerprint density at radius 1 is 1.46 bits per heavy atom. The molecule has 6 heteroatoms. The molecule has 1 aromatic carbocycles. The number of aliphatic hydroxyl groups is 1. The van der Waals surface area contributed by atoms with E-state index in [0.717, 1.165) is 23.5 Å². The normalized spacial score (nSPS) is 16.4. The fourth-order valence-corrected chi connectivity index (χ4v) is 4.11. The van der Waals surface area contributed by atoms with Crippen LogP contribution in [0.3, 0.4) is 0 Å². The molecule has 1 heterocycles. The van der Waals surface area contributed by atoms with Gasteiger partial charge in [0.15, 0.2) is 0 Å². The van der Waals surface area contributed by atoms with Crippen LogP contribution in [0.2, 0.25) is 0 Å². The zero-order valence-electron chi connectivity index (χ0n) is 13.9. The number of hydrogen-bond donors (Lipinski definition) is 2. The smallest absolute Gasteiger partial charge is 0.226 e. The van der Waals surface area contributed by atoms with Crippen LogP contribution in [0.4, 0.5) is 0 Å². The summed E-state index contributed by atoms with van der Waals surface area (Å²) >= 11 is 1.52. The Kier molecular flexibility index (Phi) is 5.60. The Balaban J connectivity index is 1.72. The number of rotatable bonds is 7. The lowest BCUT2D eigenvalue weighted by Crippen LogP contribution is -2.30. The van der Waals surface area contributed by atoms with E-state index in [2.05, 4.69) is 39.5 Å². The third-order valence-corrected chi connectivity index (χ3v) is 5.38. The summed E-state index contributed by atoms with van der Waals surface area (Å²) in [6, 6.07) is 8.88. The van der Waals surface area contributed by atoms with E-state index >= 15 is 0 Å². The van der Waals surface area contributed by atoms with E-state index in [1.165, 1.54) is 22.5 Å². The molecule has 0 saturated heterocycles. The van der Waals surface area contributed by atoms with Crippen molar-refractivity contribution in [3.05, 3.63) is 51.5 Å². The average Bonchev–Trinajstić information content (AvgIpc) is 3.21. The molecule has 0 fully saturated rings. The number of thiazole rings is 1. The summed E-state index contributed by atoms with van der Waals surface area (Å²) in [6.07, 6.45) is 2.49. The van der Waals surface area contributed by atoms with Gasteiger partial charge in [0, 0.05) is 31.6 Å². The van der Waals surface area contributed by atoms with E-state index in [1.54, 1.807) is 7.05 Å². The van der Waals surface area contributed by atoms with Gasteiger partial charge in [0.25, 0.3) is 0 Å². The lowest BCUT2D eigenvalue weighted by molar-refractivity contribution is -0.119. The number of carbonyl (C=O) groups is 1. The predicted molar refractivity (Wildman–Crippen MR) is 94.9 cm³/mol. The van der Waals surface area contributed by atoms with Crippen molar-refractivity contribution < 1.29 is 9.90 Å². The molecule has 1 amide bonds. The van der Waals surface area contributed by atoms with Gasteiger partial charge in [-0.25, -0.2) is 4.98 Å². The second-order valence-electron chi connectivity index (χ2n) is 6.03.